The van der Waals surface area contributed by atoms with E-state index in [1.807, 2.05) is 12.1 Å². The summed E-state index contributed by atoms with van der Waals surface area (Å²) in [7, 11) is -3.41. The van der Waals surface area contributed by atoms with Gasteiger partial charge < -0.3 is 10.2 Å². The van der Waals surface area contributed by atoms with Gasteiger partial charge in [0.1, 0.15) is 0 Å². The van der Waals surface area contributed by atoms with Gasteiger partial charge in [0.25, 0.3) is 0 Å². The molecule has 1 aliphatic heterocycles. The number of pyridine rings is 1. The van der Waals surface area contributed by atoms with Crippen LogP contribution in [0.25, 0.3) is 0 Å². The zero-order valence-electron chi connectivity index (χ0n) is 15.6. The fourth-order valence-electron chi connectivity index (χ4n) is 3.09. The van der Waals surface area contributed by atoms with Gasteiger partial charge in [0.05, 0.1) is 16.6 Å². The zero-order valence-corrected chi connectivity index (χ0v) is 16.5. The molecule has 1 saturated heterocycles. The van der Waals surface area contributed by atoms with Gasteiger partial charge in [-0.25, -0.2) is 13.4 Å². The quantitative estimate of drug-likeness (QED) is 0.885. The Morgan fingerprint density at radius 3 is 2.23 bits per heavy atom. The highest BCUT2D eigenvalue weighted by molar-refractivity contribution is 7.92. The van der Waals surface area contributed by atoms with E-state index >= 15 is 0 Å². The summed E-state index contributed by atoms with van der Waals surface area (Å²) in [6.07, 6.45) is 3.70. The molecule has 0 amide bonds. The van der Waals surface area contributed by atoms with Crippen molar-refractivity contribution < 1.29 is 8.42 Å². The average molecular weight is 374 g/mol. The molecule has 0 unspecified atom stereocenters. The van der Waals surface area contributed by atoms with Crippen LogP contribution in [0.3, 0.4) is 0 Å². The Balaban J connectivity index is 1.59. The van der Waals surface area contributed by atoms with E-state index in [1.165, 1.54) is 5.69 Å². The highest BCUT2D eigenvalue weighted by Crippen LogP contribution is 2.25. The molecule has 6 heteroatoms. The van der Waals surface area contributed by atoms with E-state index in [-0.39, 0.29) is 5.03 Å². The fourth-order valence-corrected chi connectivity index (χ4v) is 4.16. The van der Waals surface area contributed by atoms with Crippen LogP contribution in [0.4, 0.5) is 11.4 Å². The van der Waals surface area contributed by atoms with Crippen molar-refractivity contribution in [3.63, 3.8) is 0 Å². The predicted octanol–water partition coefficient (Wildman–Crippen LogP) is 3.73. The van der Waals surface area contributed by atoms with Crippen molar-refractivity contribution in [2.75, 3.05) is 23.3 Å². The molecule has 1 N–H and O–H groups in total. The van der Waals surface area contributed by atoms with Gasteiger partial charge in [0.2, 0.25) is 0 Å². The molecule has 0 aliphatic carbocycles. The van der Waals surface area contributed by atoms with Crippen molar-refractivity contribution in [1.29, 1.82) is 0 Å². The molecule has 1 fully saturated rings. The molecule has 0 bridgehead atoms. The van der Waals surface area contributed by atoms with Crippen LogP contribution >= 0.6 is 0 Å². The van der Waals surface area contributed by atoms with Crippen molar-refractivity contribution in [3.05, 3.63) is 48.7 Å². The number of benzene rings is 1. The monoisotopic (exact) mass is 373 g/mol. The summed E-state index contributed by atoms with van der Waals surface area (Å²) >= 11 is 0. The number of anilines is 2. The van der Waals surface area contributed by atoms with Crippen LogP contribution in [-0.4, -0.2) is 37.3 Å². The number of nitrogens with zero attached hydrogens (tertiary/aromatic N) is 2. The molecule has 1 aromatic carbocycles. The first-order valence-electron chi connectivity index (χ1n) is 9.04. The second-order valence-corrected chi connectivity index (χ2v) is 10.4. The molecule has 2 heterocycles. The van der Waals surface area contributed by atoms with Gasteiger partial charge in [-0.1, -0.05) is 18.2 Å². The minimum absolute atomic E-state index is 0.134. The van der Waals surface area contributed by atoms with Crippen molar-refractivity contribution in [1.82, 2.24) is 4.98 Å². The minimum atomic E-state index is -3.41. The molecular formula is C20H27N3O2S. The van der Waals surface area contributed by atoms with Gasteiger partial charge in [-0.05, 0) is 57.9 Å². The lowest BCUT2D eigenvalue weighted by molar-refractivity contribution is 0.526. The Labute approximate surface area is 156 Å². The summed E-state index contributed by atoms with van der Waals surface area (Å²) in [4.78, 5) is 6.58. The van der Waals surface area contributed by atoms with Gasteiger partial charge in [0, 0.05) is 24.8 Å². The third-order valence-corrected chi connectivity index (χ3v) is 7.21. The third-order valence-electron chi connectivity index (χ3n) is 4.80. The maximum atomic E-state index is 12.4. The summed E-state index contributed by atoms with van der Waals surface area (Å²) in [5.74, 6) is 0. The van der Waals surface area contributed by atoms with Crippen LogP contribution in [0.1, 0.15) is 33.6 Å². The fraction of sp³-hybridized carbons (Fsp3) is 0.450. The number of para-hydroxylation sites is 1. The molecular weight excluding hydrogens is 346 g/mol. The highest BCUT2D eigenvalue weighted by Gasteiger charge is 2.32. The number of rotatable bonds is 4. The minimum Gasteiger partial charge on any atom is -0.381 e. The summed E-state index contributed by atoms with van der Waals surface area (Å²) in [5, 5.41) is 3.62. The average Bonchev–Trinajstić information content (AvgIpc) is 2.63. The Morgan fingerprint density at radius 1 is 1.04 bits per heavy atom. The van der Waals surface area contributed by atoms with E-state index in [2.05, 4.69) is 39.5 Å². The van der Waals surface area contributed by atoms with Gasteiger partial charge in [-0.15, -0.1) is 0 Å². The van der Waals surface area contributed by atoms with Crippen LogP contribution in [0.15, 0.2) is 53.7 Å². The topological polar surface area (TPSA) is 62.3 Å². The first-order valence-corrected chi connectivity index (χ1v) is 10.5. The highest BCUT2D eigenvalue weighted by atomic mass is 32.2. The predicted molar refractivity (Wildman–Crippen MR) is 106 cm³/mol. The van der Waals surface area contributed by atoms with E-state index < -0.39 is 14.6 Å². The normalized spacial score (nSPS) is 16.5. The maximum Gasteiger partial charge on any atom is 0.200 e. The molecule has 0 spiro atoms. The van der Waals surface area contributed by atoms with Crippen LogP contribution < -0.4 is 10.2 Å². The molecule has 1 aromatic heterocycles. The first kappa shape index (κ1) is 18.7. The second-order valence-electron chi connectivity index (χ2n) is 7.74. The Bertz CT molecular complexity index is 820. The van der Waals surface area contributed by atoms with Crippen LogP contribution in [-0.2, 0) is 9.84 Å². The lowest BCUT2D eigenvalue weighted by atomic mass is 10.0. The smallest absolute Gasteiger partial charge is 0.200 e. The van der Waals surface area contributed by atoms with Gasteiger partial charge >= 0.3 is 0 Å². The first-order chi connectivity index (χ1) is 12.3. The van der Waals surface area contributed by atoms with E-state index in [9.17, 15) is 8.42 Å². The Hall–Kier alpha value is -2.08. The molecule has 140 valence electrons. The number of nitrogens with one attached hydrogen (secondary N) is 1. The molecule has 0 saturated carbocycles. The Morgan fingerprint density at radius 2 is 1.69 bits per heavy atom. The summed E-state index contributed by atoms with van der Waals surface area (Å²) < 4.78 is 24.0. The summed E-state index contributed by atoms with van der Waals surface area (Å²) in [6.45, 7) is 7.08. The molecule has 2 aromatic rings. The van der Waals surface area contributed by atoms with E-state index in [1.54, 1.807) is 33.0 Å². The third kappa shape index (κ3) is 4.01. The van der Waals surface area contributed by atoms with E-state index in [4.69, 9.17) is 0 Å². The summed E-state index contributed by atoms with van der Waals surface area (Å²) in [5.41, 5.74) is 2.14. The molecule has 3 rings (SSSR count). The second kappa shape index (κ2) is 7.27. The largest absolute Gasteiger partial charge is 0.381 e. The van der Waals surface area contributed by atoms with Crippen molar-refractivity contribution >= 4 is 21.2 Å². The van der Waals surface area contributed by atoms with Gasteiger partial charge in [0.15, 0.2) is 14.9 Å². The number of piperidine rings is 1. The lowest BCUT2D eigenvalue weighted by Crippen LogP contribution is -2.39. The van der Waals surface area contributed by atoms with Crippen molar-refractivity contribution in [2.24, 2.45) is 0 Å². The van der Waals surface area contributed by atoms with Crippen LogP contribution in [0, 0.1) is 0 Å². The van der Waals surface area contributed by atoms with Crippen LogP contribution in [0.2, 0.25) is 0 Å². The number of hydrogen-bond donors (Lipinski definition) is 1. The summed E-state index contributed by atoms with van der Waals surface area (Å²) in [6, 6.07) is 14.3. The molecule has 0 atom stereocenters. The standard InChI is InChI=1S/C20H27N3O2S/c1-20(2,3)26(24,25)19-10-9-17(15-21-19)22-16-11-13-23(14-12-16)18-7-5-4-6-8-18/h4-10,15-16,22H,11-14H2,1-3H3. The number of hydrogen-bond acceptors (Lipinski definition) is 5. The zero-order chi connectivity index (χ0) is 18.8. The van der Waals surface area contributed by atoms with Crippen molar-refractivity contribution in [2.45, 2.75) is 49.4 Å². The van der Waals surface area contributed by atoms with Crippen molar-refractivity contribution in [3.8, 4) is 0 Å². The van der Waals surface area contributed by atoms with Gasteiger partial charge in [-0.2, -0.15) is 0 Å². The van der Waals surface area contributed by atoms with Gasteiger partial charge in [-0.3, -0.25) is 0 Å². The SMILES string of the molecule is CC(C)(C)S(=O)(=O)c1ccc(NC2CCN(c3ccccc3)CC2)cn1. The number of sulfone groups is 1. The van der Waals surface area contributed by atoms with E-state index in [0.717, 1.165) is 31.6 Å². The van der Waals surface area contributed by atoms with E-state index in [0.29, 0.717) is 6.04 Å². The molecule has 26 heavy (non-hydrogen) atoms. The van der Waals surface area contributed by atoms with Crippen LogP contribution in [0.5, 0.6) is 0 Å². The number of aromatic nitrogens is 1. The molecule has 0 radical (unpaired) electrons. The maximum absolute atomic E-state index is 12.4. The molecule has 1 aliphatic rings. The lowest BCUT2D eigenvalue weighted by Gasteiger charge is -2.34. The molecule has 5 nitrogen and oxygen atoms in total. The Kier molecular flexibility index (Phi) is 5.23.